The lowest BCUT2D eigenvalue weighted by atomic mass is 10.2. The molecule has 0 aliphatic carbocycles. The van der Waals surface area contributed by atoms with Gasteiger partial charge in [-0.2, -0.15) is 0 Å². The first-order valence-electron chi connectivity index (χ1n) is 3.62. The number of hydrogen-bond acceptors (Lipinski definition) is 2. The summed E-state index contributed by atoms with van der Waals surface area (Å²) >= 11 is 0. The third-order valence-corrected chi connectivity index (χ3v) is 1.29. The zero-order chi connectivity index (χ0) is 8.81. The van der Waals surface area contributed by atoms with E-state index in [2.05, 4.69) is 4.99 Å². The van der Waals surface area contributed by atoms with Crippen molar-refractivity contribution in [3.63, 3.8) is 0 Å². The first-order chi connectivity index (χ1) is 5.79. The number of carbonyl (C=O) groups excluding carboxylic acids is 1. The highest BCUT2D eigenvalue weighted by Gasteiger charge is 1.87. The van der Waals surface area contributed by atoms with Gasteiger partial charge in [-0.15, -0.1) is 0 Å². The molecule has 1 aromatic carbocycles. The van der Waals surface area contributed by atoms with E-state index in [4.69, 9.17) is 5.73 Å². The Hall–Kier alpha value is -1.64. The van der Waals surface area contributed by atoms with Gasteiger partial charge in [-0.25, -0.2) is 0 Å². The van der Waals surface area contributed by atoms with Crippen LogP contribution in [0.25, 0.3) is 0 Å². The largest absolute Gasteiger partial charge is 0.368 e. The smallest absolute Gasteiger partial charge is 0.239 e. The van der Waals surface area contributed by atoms with Gasteiger partial charge >= 0.3 is 0 Å². The predicted molar refractivity (Wildman–Crippen MR) is 48.1 cm³/mol. The number of primary amides is 1. The van der Waals surface area contributed by atoms with Gasteiger partial charge in [-0.1, -0.05) is 30.3 Å². The van der Waals surface area contributed by atoms with E-state index in [1.54, 1.807) is 6.21 Å². The molecule has 0 saturated carbocycles. The number of aliphatic imine (C=N–C) groups is 1. The van der Waals surface area contributed by atoms with E-state index in [0.29, 0.717) is 0 Å². The van der Waals surface area contributed by atoms with Crippen molar-refractivity contribution in [3.05, 3.63) is 35.9 Å². The van der Waals surface area contributed by atoms with Crippen LogP contribution in [0.15, 0.2) is 35.3 Å². The van der Waals surface area contributed by atoms with Crippen molar-refractivity contribution in [2.24, 2.45) is 10.7 Å². The van der Waals surface area contributed by atoms with Gasteiger partial charge in [-0.05, 0) is 5.56 Å². The lowest BCUT2D eigenvalue weighted by molar-refractivity contribution is -0.116. The summed E-state index contributed by atoms with van der Waals surface area (Å²) in [6.07, 6.45) is 1.63. The number of nitrogens with zero attached hydrogens (tertiary/aromatic N) is 1. The molecule has 12 heavy (non-hydrogen) atoms. The highest BCUT2D eigenvalue weighted by Crippen LogP contribution is 1.93. The molecule has 0 unspecified atom stereocenters. The van der Waals surface area contributed by atoms with Gasteiger partial charge in [0.05, 0.1) is 0 Å². The molecule has 0 fully saturated rings. The number of carbonyl (C=O) groups is 1. The van der Waals surface area contributed by atoms with Crippen molar-refractivity contribution in [1.29, 1.82) is 0 Å². The maximum absolute atomic E-state index is 10.3. The third-order valence-electron chi connectivity index (χ3n) is 1.29. The van der Waals surface area contributed by atoms with E-state index in [0.717, 1.165) is 5.56 Å². The van der Waals surface area contributed by atoms with Gasteiger partial charge in [0.15, 0.2) is 0 Å². The van der Waals surface area contributed by atoms with Gasteiger partial charge in [0.25, 0.3) is 0 Å². The van der Waals surface area contributed by atoms with Crippen LogP contribution in [0.3, 0.4) is 0 Å². The first-order valence-corrected chi connectivity index (χ1v) is 3.62. The highest BCUT2D eigenvalue weighted by molar-refractivity contribution is 5.83. The second kappa shape index (κ2) is 4.28. The monoisotopic (exact) mass is 162 g/mol. The summed E-state index contributed by atoms with van der Waals surface area (Å²) in [6.45, 7) is 0.0505. The Morgan fingerprint density at radius 2 is 2.08 bits per heavy atom. The van der Waals surface area contributed by atoms with E-state index in [9.17, 15) is 4.79 Å². The molecule has 1 rings (SSSR count). The third kappa shape index (κ3) is 2.96. The van der Waals surface area contributed by atoms with Crippen molar-refractivity contribution in [1.82, 2.24) is 0 Å². The van der Waals surface area contributed by atoms with Crippen molar-refractivity contribution in [2.75, 3.05) is 6.54 Å². The highest BCUT2D eigenvalue weighted by atomic mass is 16.1. The second-order valence-electron chi connectivity index (χ2n) is 2.35. The topological polar surface area (TPSA) is 55.5 Å². The number of rotatable bonds is 3. The van der Waals surface area contributed by atoms with E-state index in [1.165, 1.54) is 0 Å². The van der Waals surface area contributed by atoms with Crippen molar-refractivity contribution in [3.8, 4) is 0 Å². The first kappa shape index (κ1) is 8.46. The normalized spacial score (nSPS) is 10.3. The minimum atomic E-state index is -0.415. The zero-order valence-corrected chi connectivity index (χ0v) is 6.60. The van der Waals surface area contributed by atoms with E-state index >= 15 is 0 Å². The lowest BCUT2D eigenvalue weighted by Gasteiger charge is -1.89. The van der Waals surface area contributed by atoms with Crippen LogP contribution >= 0.6 is 0 Å². The number of amides is 1. The van der Waals surface area contributed by atoms with E-state index < -0.39 is 5.91 Å². The van der Waals surface area contributed by atoms with Crippen LogP contribution < -0.4 is 5.73 Å². The molecule has 0 aromatic heterocycles. The van der Waals surface area contributed by atoms with Crippen molar-refractivity contribution >= 4 is 12.1 Å². The van der Waals surface area contributed by atoms with Gasteiger partial charge in [0.2, 0.25) is 5.91 Å². The number of hydrogen-bond donors (Lipinski definition) is 1. The minimum Gasteiger partial charge on any atom is -0.368 e. The molecule has 0 aliphatic heterocycles. The maximum Gasteiger partial charge on any atom is 0.239 e. The molecule has 62 valence electrons. The van der Waals surface area contributed by atoms with Gasteiger partial charge in [0.1, 0.15) is 6.54 Å². The molecule has 3 nitrogen and oxygen atoms in total. The molecule has 0 heterocycles. The summed E-state index contributed by atoms with van der Waals surface area (Å²) in [6, 6.07) is 9.55. The van der Waals surface area contributed by atoms with Crippen LogP contribution in [0.5, 0.6) is 0 Å². The zero-order valence-electron chi connectivity index (χ0n) is 6.60. The average Bonchev–Trinajstić information content (AvgIpc) is 2.05. The van der Waals surface area contributed by atoms with E-state index in [-0.39, 0.29) is 6.54 Å². The van der Waals surface area contributed by atoms with Crippen molar-refractivity contribution < 1.29 is 4.79 Å². The summed E-state index contributed by atoms with van der Waals surface area (Å²) < 4.78 is 0. The van der Waals surface area contributed by atoms with Crippen LogP contribution in [0.1, 0.15) is 5.56 Å². The maximum atomic E-state index is 10.3. The van der Waals surface area contributed by atoms with Crippen molar-refractivity contribution in [2.45, 2.75) is 0 Å². The Kier molecular flexibility index (Phi) is 3.02. The fourth-order valence-electron chi connectivity index (χ4n) is 0.780. The van der Waals surface area contributed by atoms with Crippen LogP contribution in [-0.4, -0.2) is 18.7 Å². The average molecular weight is 162 g/mol. The fourth-order valence-corrected chi connectivity index (χ4v) is 0.780. The minimum absolute atomic E-state index is 0.0505. The van der Waals surface area contributed by atoms with Gasteiger partial charge in [0, 0.05) is 6.21 Å². The summed E-state index contributed by atoms with van der Waals surface area (Å²) in [5.74, 6) is -0.415. The predicted octanol–water partition coefficient (Wildman–Crippen LogP) is 0.591. The van der Waals surface area contributed by atoms with Gasteiger partial charge in [-0.3, -0.25) is 9.79 Å². The molecule has 0 atom stereocenters. The molecule has 2 N–H and O–H groups in total. The van der Waals surface area contributed by atoms with Gasteiger partial charge < -0.3 is 5.73 Å². The molecule has 0 radical (unpaired) electrons. The Labute approximate surface area is 70.9 Å². The van der Waals surface area contributed by atoms with Crippen LogP contribution in [0.4, 0.5) is 0 Å². The standard InChI is InChI=1S/C9H10N2O/c10-9(12)7-11-6-8-4-2-1-3-5-8/h1-6H,7H2,(H2,10,12)/b11-6+. The quantitative estimate of drug-likeness (QED) is 0.650. The summed E-state index contributed by atoms with van der Waals surface area (Å²) in [4.78, 5) is 14.1. The molecule has 0 bridgehead atoms. The SMILES string of the molecule is NC(=O)C/N=C/c1ccccc1. The Balaban J connectivity index is 2.52. The summed E-state index contributed by atoms with van der Waals surface area (Å²) in [7, 11) is 0. The second-order valence-corrected chi connectivity index (χ2v) is 2.35. The molecule has 0 spiro atoms. The lowest BCUT2D eigenvalue weighted by Crippen LogP contribution is -2.13. The number of nitrogens with two attached hydrogens (primary N) is 1. The molecule has 0 saturated heterocycles. The molecule has 3 heteroatoms. The van der Waals surface area contributed by atoms with E-state index in [1.807, 2.05) is 30.3 Å². The van der Waals surface area contributed by atoms with Crippen LogP contribution in [-0.2, 0) is 4.79 Å². The summed E-state index contributed by atoms with van der Waals surface area (Å²) in [5, 5.41) is 0. The Morgan fingerprint density at radius 3 is 2.67 bits per heavy atom. The van der Waals surface area contributed by atoms with Crippen LogP contribution in [0, 0.1) is 0 Å². The van der Waals surface area contributed by atoms with Crippen LogP contribution in [0.2, 0.25) is 0 Å². The molecular formula is C9H10N2O. The molecular weight excluding hydrogens is 152 g/mol. The molecule has 1 amide bonds. The summed E-state index contributed by atoms with van der Waals surface area (Å²) in [5.41, 5.74) is 5.87. The Morgan fingerprint density at radius 1 is 1.42 bits per heavy atom. The molecule has 0 aliphatic rings. The fraction of sp³-hybridized carbons (Fsp3) is 0.111. The number of benzene rings is 1. The molecule has 1 aromatic rings. The Bertz CT molecular complexity index is 280.